The second-order valence-electron chi connectivity index (χ2n) is 8.40. The molecule has 4 rings (SSSR count). The average Bonchev–Trinajstić information content (AvgIpc) is 2.79. The Kier molecular flexibility index (Phi) is 6.49. The number of hydrogen-bond acceptors (Lipinski definition) is 8. The van der Waals surface area contributed by atoms with E-state index in [0.29, 0.717) is 24.0 Å². The number of anilines is 2. The molecular weight excluding hydrogens is 382 g/mol. The summed E-state index contributed by atoms with van der Waals surface area (Å²) in [5, 5.41) is 17.8. The molecule has 2 aliphatic rings. The van der Waals surface area contributed by atoms with Crippen LogP contribution in [0.2, 0.25) is 0 Å². The lowest BCUT2D eigenvalue weighted by atomic mass is 9.82. The molecule has 0 spiro atoms. The van der Waals surface area contributed by atoms with Crippen LogP contribution in [0.1, 0.15) is 32.6 Å². The van der Waals surface area contributed by atoms with Crippen molar-refractivity contribution in [3.8, 4) is 11.3 Å². The molecule has 0 aliphatic carbocycles. The van der Waals surface area contributed by atoms with Gasteiger partial charge in [-0.3, -0.25) is 10.1 Å². The second-order valence-corrected chi connectivity index (χ2v) is 8.40. The van der Waals surface area contributed by atoms with Crippen molar-refractivity contribution >= 4 is 17.7 Å². The second kappa shape index (κ2) is 9.44. The van der Waals surface area contributed by atoms with Crippen LogP contribution in [0.4, 0.5) is 11.8 Å². The highest BCUT2D eigenvalue weighted by Crippen LogP contribution is 2.30. The van der Waals surface area contributed by atoms with E-state index in [1.54, 1.807) is 18.5 Å². The van der Waals surface area contributed by atoms with Crippen molar-refractivity contribution in [2.75, 3.05) is 43.5 Å². The molecule has 30 heavy (non-hydrogen) atoms. The molecule has 1 unspecified atom stereocenters. The van der Waals surface area contributed by atoms with Crippen LogP contribution in [0.15, 0.2) is 24.5 Å². The van der Waals surface area contributed by atoms with Gasteiger partial charge in [0.05, 0.1) is 17.8 Å². The van der Waals surface area contributed by atoms with Gasteiger partial charge in [-0.05, 0) is 49.8 Å². The number of carbonyl (C=O) groups is 1. The summed E-state index contributed by atoms with van der Waals surface area (Å²) in [4.78, 5) is 21.2. The molecular formula is C21H29N7O2. The summed E-state index contributed by atoms with van der Waals surface area (Å²) in [6.45, 7) is 6.34. The maximum absolute atomic E-state index is 12.5. The Balaban J connectivity index is 1.41. The van der Waals surface area contributed by atoms with Gasteiger partial charge in [-0.2, -0.15) is 5.10 Å². The van der Waals surface area contributed by atoms with Crippen molar-refractivity contribution < 1.29 is 9.53 Å². The first-order valence-electron chi connectivity index (χ1n) is 10.6. The molecule has 2 aromatic heterocycles. The fourth-order valence-electron chi connectivity index (χ4n) is 3.81. The fourth-order valence-corrected chi connectivity index (χ4v) is 3.81. The third kappa shape index (κ3) is 5.28. The molecule has 9 heteroatoms. The molecule has 2 saturated heterocycles. The first kappa shape index (κ1) is 20.6. The third-order valence-electron chi connectivity index (χ3n) is 5.90. The van der Waals surface area contributed by atoms with Crippen LogP contribution in [0.25, 0.3) is 11.3 Å². The van der Waals surface area contributed by atoms with Gasteiger partial charge in [0, 0.05) is 38.1 Å². The lowest BCUT2D eigenvalue weighted by Crippen LogP contribution is -2.37. The lowest BCUT2D eigenvalue weighted by molar-refractivity contribution is -0.120. The number of carbonyl (C=O) groups excluding carboxylic acids is 1. The first-order chi connectivity index (χ1) is 14.6. The molecule has 160 valence electrons. The highest BCUT2D eigenvalue weighted by atomic mass is 16.5. The van der Waals surface area contributed by atoms with Gasteiger partial charge in [-0.1, -0.05) is 6.92 Å². The molecule has 1 atom stereocenters. The molecule has 0 bridgehead atoms. The van der Waals surface area contributed by atoms with E-state index in [-0.39, 0.29) is 17.2 Å². The van der Waals surface area contributed by atoms with E-state index in [2.05, 4.69) is 43.0 Å². The van der Waals surface area contributed by atoms with Crippen LogP contribution in [0, 0.1) is 11.3 Å². The molecule has 2 fully saturated rings. The fraction of sp³-hybridized carbons (Fsp3) is 0.571. The molecule has 1 amide bonds. The number of rotatable bonds is 6. The molecule has 2 aliphatic heterocycles. The molecule has 0 aromatic carbocycles. The summed E-state index contributed by atoms with van der Waals surface area (Å²) in [5.74, 6) is 0.928. The number of aromatic nitrogens is 4. The minimum absolute atomic E-state index is 0.0423. The van der Waals surface area contributed by atoms with Crippen LogP contribution in [-0.2, 0) is 9.53 Å². The smallest absolute Gasteiger partial charge is 0.231 e. The average molecular weight is 412 g/mol. The molecule has 0 radical (unpaired) electrons. The summed E-state index contributed by atoms with van der Waals surface area (Å²) < 4.78 is 5.47. The van der Waals surface area contributed by atoms with Gasteiger partial charge in [-0.15, -0.1) is 5.10 Å². The maximum Gasteiger partial charge on any atom is 0.231 e. The van der Waals surface area contributed by atoms with Crippen LogP contribution in [0.5, 0.6) is 0 Å². The quantitative estimate of drug-likeness (QED) is 0.662. The van der Waals surface area contributed by atoms with E-state index in [1.807, 2.05) is 6.07 Å². The van der Waals surface area contributed by atoms with E-state index in [9.17, 15) is 4.79 Å². The third-order valence-corrected chi connectivity index (χ3v) is 5.90. The predicted molar refractivity (Wildman–Crippen MR) is 114 cm³/mol. The van der Waals surface area contributed by atoms with Crippen LogP contribution in [-0.4, -0.2) is 58.9 Å². The predicted octanol–water partition coefficient (Wildman–Crippen LogP) is 2.10. The Hall–Kier alpha value is -2.65. The number of hydrogen-bond donors (Lipinski definition) is 3. The number of ether oxygens (including phenoxy) is 1. The van der Waals surface area contributed by atoms with Crippen molar-refractivity contribution in [3.05, 3.63) is 24.5 Å². The number of nitrogens with one attached hydrogen (secondary N) is 3. The van der Waals surface area contributed by atoms with E-state index in [1.165, 1.54) is 0 Å². The molecule has 9 nitrogen and oxygen atoms in total. The summed E-state index contributed by atoms with van der Waals surface area (Å²) >= 11 is 0. The van der Waals surface area contributed by atoms with Crippen molar-refractivity contribution in [1.82, 2.24) is 25.5 Å². The Bertz CT molecular complexity index is 864. The highest BCUT2D eigenvalue weighted by molar-refractivity contribution is 5.91. The van der Waals surface area contributed by atoms with Gasteiger partial charge in [-0.25, -0.2) is 9.97 Å². The minimum Gasteiger partial charge on any atom is -0.381 e. The SMILES string of the molecule is CC1(CNc2cc(-c3ccnc(NC(=O)C4CCCNC4)n3)cnn2)CCOCC1. The monoisotopic (exact) mass is 411 g/mol. The lowest BCUT2D eigenvalue weighted by Gasteiger charge is -2.33. The number of amides is 1. The van der Waals surface area contributed by atoms with Crippen molar-refractivity contribution in [3.63, 3.8) is 0 Å². The van der Waals surface area contributed by atoms with E-state index >= 15 is 0 Å². The zero-order valence-electron chi connectivity index (χ0n) is 17.4. The van der Waals surface area contributed by atoms with Gasteiger partial charge in [0.15, 0.2) is 0 Å². The van der Waals surface area contributed by atoms with Crippen molar-refractivity contribution in [2.45, 2.75) is 32.6 Å². The van der Waals surface area contributed by atoms with Gasteiger partial charge in [0.2, 0.25) is 11.9 Å². The van der Waals surface area contributed by atoms with Crippen LogP contribution in [0.3, 0.4) is 0 Å². The largest absolute Gasteiger partial charge is 0.381 e. The van der Waals surface area contributed by atoms with Gasteiger partial charge in [0.25, 0.3) is 0 Å². The Labute approximate surface area is 176 Å². The van der Waals surface area contributed by atoms with Crippen LogP contribution < -0.4 is 16.0 Å². The number of nitrogens with zero attached hydrogens (tertiary/aromatic N) is 4. The standard InChI is InChI=1S/C21H29N7O2/c1-21(5-9-30-10-6-21)14-24-18-11-16(13-25-28-18)17-4-8-23-20(26-17)27-19(29)15-3-2-7-22-12-15/h4,8,11,13,15,22H,2-3,5-7,9-10,12,14H2,1H3,(H,24,28)(H,23,26,27,29). The zero-order chi connectivity index (χ0) is 20.8. The minimum atomic E-state index is -0.0454. The molecule has 3 N–H and O–H groups in total. The first-order valence-corrected chi connectivity index (χ1v) is 10.6. The van der Waals surface area contributed by atoms with Crippen LogP contribution >= 0.6 is 0 Å². The number of piperidine rings is 1. The van der Waals surface area contributed by atoms with E-state index in [4.69, 9.17) is 4.74 Å². The highest BCUT2D eigenvalue weighted by Gasteiger charge is 2.27. The Morgan fingerprint density at radius 2 is 2.23 bits per heavy atom. The summed E-state index contributed by atoms with van der Waals surface area (Å²) in [7, 11) is 0. The normalized spacial score (nSPS) is 21.0. The Morgan fingerprint density at radius 3 is 3.03 bits per heavy atom. The van der Waals surface area contributed by atoms with Gasteiger partial charge < -0.3 is 15.4 Å². The topological polar surface area (TPSA) is 114 Å². The van der Waals surface area contributed by atoms with E-state index in [0.717, 1.165) is 57.6 Å². The molecule has 0 saturated carbocycles. The van der Waals surface area contributed by atoms with E-state index < -0.39 is 0 Å². The molecule has 2 aromatic rings. The van der Waals surface area contributed by atoms with Gasteiger partial charge in [0.1, 0.15) is 5.82 Å². The maximum atomic E-state index is 12.5. The van der Waals surface area contributed by atoms with Crippen molar-refractivity contribution in [2.24, 2.45) is 11.3 Å². The summed E-state index contributed by atoms with van der Waals surface area (Å²) in [6.07, 6.45) is 7.25. The van der Waals surface area contributed by atoms with Gasteiger partial charge >= 0.3 is 0 Å². The summed E-state index contributed by atoms with van der Waals surface area (Å²) in [6, 6.07) is 3.73. The summed E-state index contributed by atoms with van der Waals surface area (Å²) in [5.41, 5.74) is 1.70. The Morgan fingerprint density at radius 1 is 1.37 bits per heavy atom. The van der Waals surface area contributed by atoms with Crippen molar-refractivity contribution in [1.29, 1.82) is 0 Å². The zero-order valence-corrected chi connectivity index (χ0v) is 17.4. The molecule has 4 heterocycles.